The van der Waals surface area contributed by atoms with Crippen LogP contribution in [0.5, 0.6) is 0 Å². The van der Waals surface area contributed by atoms with Gasteiger partial charge in [-0.15, -0.1) is 0 Å². The van der Waals surface area contributed by atoms with Crippen LogP contribution in [0.1, 0.15) is 6.92 Å². The maximum absolute atomic E-state index is 11.6. The molecule has 0 aromatic heterocycles. The molecule has 1 aliphatic heterocycles. The average Bonchev–Trinajstić information content (AvgIpc) is 2.35. The average molecular weight is 242 g/mol. The van der Waals surface area contributed by atoms with Crippen molar-refractivity contribution in [2.45, 2.75) is 13.0 Å². The van der Waals surface area contributed by atoms with Gasteiger partial charge in [0.15, 0.2) is 0 Å². The minimum atomic E-state index is -0.465. The van der Waals surface area contributed by atoms with Crippen LogP contribution in [0.15, 0.2) is 0 Å². The first-order valence-electron chi connectivity index (χ1n) is 5.56. The summed E-state index contributed by atoms with van der Waals surface area (Å²) in [4.78, 5) is 35.4. The molecule has 1 rings (SSSR count). The SMILES string of the molecule is CCN(C)C(=O)CNC(=O)C1CNC(=O)CN1. The van der Waals surface area contributed by atoms with E-state index in [2.05, 4.69) is 16.0 Å². The van der Waals surface area contributed by atoms with Crippen LogP contribution in [-0.4, -0.2) is 61.9 Å². The normalized spacial score (nSPS) is 19.4. The van der Waals surface area contributed by atoms with E-state index in [1.165, 1.54) is 4.90 Å². The second-order valence-corrected chi connectivity index (χ2v) is 3.86. The Kier molecular flexibility index (Phi) is 4.89. The van der Waals surface area contributed by atoms with Gasteiger partial charge >= 0.3 is 0 Å². The second kappa shape index (κ2) is 6.19. The molecule has 0 radical (unpaired) electrons. The molecule has 7 heteroatoms. The molecule has 7 nitrogen and oxygen atoms in total. The zero-order valence-corrected chi connectivity index (χ0v) is 10.1. The van der Waals surface area contributed by atoms with Gasteiger partial charge in [-0.05, 0) is 6.92 Å². The van der Waals surface area contributed by atoms with Gasteiger partial charge in [0.1, 0.15) is 6.04 Å². The number of rotatable bonds is 4. The quantitative estimate of drug-likeness (QED) is 0.516. The number of piperazine rings is 1. The Morgan fingerprint density at radius 2 is 2.24 bits per heavy atom. The molecule has 1 saturated heterocycles. The number of carbonyl (C=O) groups is 3. The van der Waals surface area contributed by atoms with Crippen LogP contribution in [0, 0.1) is 0 Å². The molecule has 1 unspecified atom stereocenters. The number of hydrogen-bond acceptors (Lipinski definition) is 4. The number of carbonyl (C=O) groups excluding carboxylic acids is 3. The van der Waals surface area contributed by atoms with E-state index in [4.69, 9.17) is 0 Å². The highest BCUT2D eigenvalue weighted by molar-refractivity contribution is 5.89. The van der Waals surface area contributed by atoms with Gasteiger partial charge in [0, 0.05) is 20.1 Å². The smallest absolute Gasteiger partial charge is 0.241 e. The zero-order valence-electron chi connectivity index (χ0n) is 10.1. The summed E-state index contributed by atoms with van der Waals surface area (Å²) in [6, 6.07) is -0.465. The lowest BCUT2D eigenvalue weighted by molar-refractivity contribution is -0.133. The van der Waals surface area contributed by atoms with E-state index in [0.29, 0.717) is 6.54 Å². The van der Waals surface area contributed by atoms with E-state index >= 15 is 0 Å². The van der Waals surface area contributed by atoms with Crippen molar-refractivity contribution in [3.8, 4) is 0 Å². The molecule has 3 N–H and O–H groups in total. The minimum Gasteiger partial charge on any atom is -0.353 e. The summed E-state index contributed by atoms with van der Waals surface area (Å²) >= 11 is 0. The Bertz CT molecular complexity index is 309. The summed E-state index contributed by atoms with van der Waals surface area (Å²) < 4.78 is 0. The maximum Gasteiger partial charge on any atom is 0.241 e. The van der Waals surface area contributed by atoms with Crippen molar-refractivity contribution in [2.75, 3.05) is 33.2 Å². The molecule has 0 saturated carbocycles. The van der Waals surface area contributed by atoms with Crippen molar-refractivity contribution in [1.29, 1.82) is 0 Å². The van der Waals surface area contributed by atoms with E-state index in [-0.39, 0.29) is 37.4 Å². The van der Waals surface area contributed by atoms with Gasteiger partial charge in [-0.25, -0.2) is 0 Å². The first-order valence-corrected chi connectivity index (χ1v) is 5.56. The summed E-state index contributed by atoms with van der Waals surface area (Å²) in [6.45, 7) is 2.82. The molecule has 17 heavy (non-hydrogen) atoms. The Balaban J connectivity index is 2.30. The summed E-state index contributed by atoms with van der Waals surface area (Å²) in [5.41, 5.74) is 0. The fourth-order valence-electron chi connectivity index (χ4n) is 1.35. The first kappa shape index (κ1) is 13.4. The van der Waals surface area contributed by atoms with Crippen LogP contribution in [0.4, 0.5) is 0 Å². The van der Waals surface area contributed by atoms with Gasteiger partial charge in [0.2, 0.25) is 17.7 Å². The molecule has 0 spiro atoms. The zero-order chi connectivity index (χ0) is 12.8. The topological polar surface area (TPSA) is 90.5 Å². The van der Waals surface area contributed by atoms with Crippen molar-refractivity contribution < 1.29 is 14.4 Å². The summed E-state index contributed by atoms with van der Waals surface area (Å²) in [5, 5.41) is 7.90. The van der Waals surface area contributed by atoms with E-state index in [1.807, 2.05) is 6.92 Å². The van der Waals surface area contributed by atoms with Gasteiger partial charge in [-0.1, -0.05) is 0 Å². The maximum atomic E-state index is 11.6. The summed E-state index contributed by atoms with van der Waals surface area (Å²) in [5.74, 6) is -0.542. The highest BCUT2D eigenvalue weighted by Crippen LogP contribution is 1.89. The van der Waals surface area contributed by atoms with E-state index in [1.54, 1.807) is 7.05 Å². The minimum absolute atomic E-state index is 0.0186. The van der Waals surface area contributed by atoms with Crippen LogP contribution >= 0.6 is 0 Å². The molecular formula is C10H18N4O3. The van der Waals surface area contributed by atoms with Crippen LogP contribution < -0.4 is 16.0 Å². The number of amides is 3. The molecule has 1 atom stereocenters. The van der Waals surface area contributed by atoms with E-state index in [0.717, 1.165) is 0 Å². The van der Waals surface area contributed by atoms with Crippen molar-refractivity contribution in [3.05, 3.63) is 0 Å². The lowest BCUT2D eigenvalue weighted by atomic mass is 10.2. The third-order valence-electron chi connectivity index (χ3n) is 2.64. The van der Waals surface area contributed by atoms with Crippen LogP contribution in [0.2, 0.25) is 0 Å². The van der Waals surface area contributed by atoms with Crippen molar-refractivity contribution >= 4 is 17.7 Å². The van der Waals surface area contributed by atoms with Gasteiger partial charge in [0.05, 0.1) is 13.1 Å². The summed E-state index contributed by atoms with van der Waals surface area (Å²) in [7, 11) is 1.67. The second-order valence-electron chi connectivity index (χ2n) is 3.86. The van der Waals surface area contributed by atoms with Crippen molar-refractivity contribution in [2.24, 2.45) is 0 Å². The van der Waals surface area contributed by atoms with Crippen LogP contribution in [0.25, 0.3) is 0 Å². The standard InChI is InChI=1S/C10H18N4O3/c1-3-14(2)9(16)6-13-10(17)7-4-12-8(15)5-11-7/h7,11H,3-6H2,1-2H3,(H,12,15)(H,13,17). The molecule has 1 heterocycles. The van der Waals surface area contributed by atoms with Gasteiger partial charge in [-0.2, -0.15) is 0 Å². The predicted octanol–water partition coefficient (Wildman–Crippen LogP) is -2.33. The van der Waals surface area contributed by atoms with Gasteiger partial charge in [0.25, 0.3) is 0 Å². The Morgan fingerprint density at radius 1 is 1.53 bits per heavy atom. The monoisotopic (exact) mass is 242 g/mol. The highest BCUT2D eigenvalue weighted by atomic mass is 16.2. The molecular weight excluding hydrogens is 224 g/mol. The molecule has 1 fully saturated rings. The van der Waals surface area contributed by atoms with E-state index in [9.17, 15) is 14.4 Å². The molecule has 3 amide bonds. The molecule has 0 aromatic rings. The van der Waals surface area contributed by atoms with Gasteiger partial charge in [-0.3, -0.25) is 19.7 Å². The van der Waals surface area contributed by atoms with Crippen molar-refractivity contribution in [1.82, 2.24) is 20.9 Å². The first-order chi connectivity index (χ1) is 8.04. The third-order valence-corrected chi connectivity index (χ3v) is 2.64. The Hall–Kier alpha value is -1.63. The molecule has 1 aliphatic rings. The van der Waals surface area contributed by atoms with Gasteiger partial charge < -0.3 is 15.5 Å². The van der Waals surface area contributed by atoms with E-state index < -0.39 is 6.04 Å². The Morgan fingerprint density at radius 3 is 2.76 bits per heavy atom. The molecule has 96 valence electrons. The lowest BCUT2D eigenvalue weighted by Crippen LogP contribution is -2.58. The Labute approximate surface area is 99.9 Å². The van der Waals surface area contributed by atoms with Crippen molar-refractivity contribution in [3.63, 3.8) is 0 Å². The fourth-order valence-corrected chi connectivity index (χ4v) is 1.35. The number of nitrogens with one attached hydrogen (secondary N) is 3. The molecule has 0 aromatic carbocycles. The molecule has 0 bridgehead atoms. The van der Waals surface area contributed by atoms with Crippen LogP contribution in [-0.2, 0) is 14.4 Å². The summed E-state index contributed by atoms with van der Waals surface area (Å²) in [6.07, 6.45) is 0. The third kappa shape index (κ3) is 4.03. The molecule has 0 aliphatic carbocycles. The number of nitrogens with zero attached hydrogens (tertiary/aromatic N) is 1. The van der Waals surface area contributed by atoms with Crippen LogP contribution in [0.3, 0.4) is 0 Å². The number of hydrogen-bond donors (Lipinski definition) is 3. The highest BCUT2D eigenvalue weighted by Gasteiger charge is 2.23. The number of likely N-dealkylation sites (N-methyl/N-ethyl adjacent to an activating group) is 1. The fraction of sp³-hybridized carbons (Fsp3) is 0.700. The predicted molar refractivity (Wildman–Crippen MR) is 61.1 cm³/mol. The largest absolute Gasteiger partial charge is 0.353 e. The lowest BCUT2D eigenvalue weighted by Gasteiger charge is -2.23.